The molecule has 0 bridgehead atoms. The van der Waals surface area contributed by atoms with Crippen molar-refractivity contribution in [2.45, 2.75) is 25.1 Å². The standard InChI is InChI=1S/C25H20BrN3O3S/c1-16-4-2-5-17(12-16)13-22-24(31)29(19-9-7-18(26)8-10-19)25(33-22)21(14-27)23(30)28-15-20-6-3-11-32-20/h2-12,22H,13,15H2,1H3,(H,28,30)/b25-21-/t22-/m0/s1. The van der Waals surface area contributed by atoms with Gasteiger partial charge < -0.3 is 9.73 Å². The summed E-state index contributed by atoms with van der Waals surface area (Å²) in [4.78, 5) is 27.9. The van der Waals surface area contributed by atoms with Gasteiger partial charge in [-0.15, -0.1) is 0 Å². The van der Waals surface area contributed by atoms with Gasteiger partial charge in [0.2, 0.25) is 5.91 Å². The molecular formula is C25H20BrN3O3S. The molecule has 166 valence electrons. The predicted molar refractivity (Wildman–Crippen MR) is 131 cm³/mol. The SMILES string of the molecule is Cc1cccc(C[C@@H]2S/C(=C(/C#N)C(=O)NCc3ccco3)N(c3ccc(Br)cc3)C2=O)c1. The second-order valence-electron chi connectivity index (χ2n) is 7.50. The Kier molecular flexibility index (Phi) is 7.02. The first-order chi connectivity index (χ1) is 16.0. The van der Waals surface area contributed by atoms with Gasteiger partial charge in [-0.05, 0) is 55.3 Å². The van der Waals surface area contributed by atoms with Crippen LogP contribution in [-0.4, -0.2) is 17.1 Å². The van der Waals surface area contributed by atoms with Crippen molar-refractivity contribution < 1.29 is 14.0 Å². The summed E-state index contributed by atoms with van der Waals surface area (Å²) in [7, 11) is 0. The number of thioether (sulfide) groups is 1. The quantitative estimate of drug-likeness (QED) is 0.360. The Labute approximate surface area is 204 Å². The molecule has 3 aromatic rings. The lowest BCUT2D eigenvalue weighted by atomic mass is 10.1. The van der Waals surface area contributed by atoms with Crippen LogP contribution in [0.1, 0.15) is 16.9 Å². The predicted octanol–water partition coefficient (Wildman–Crippen LogP) is 5.09. The third-order valence-corrected chi connectivity index (χ3v) is 6.89. The fraction of sp³-hybridized carbons (Fsp3) is 0.160. The van der Waals surface area contributed by atoms with E-state index in [0.29, 0.717) is 22.9 Å². The number of halogens is 1. The highest BCUT2D eigenvalue weighted by atomic mass is 79.9. The molecule has 6 nitrogen and oxygen atoms in total. The number of nitriles is 1. The largest absolute Gasteiger partial charge is 0.467 e. The summed E-state index contributed by atoms with van der Waals surface area (Å²) in [5, 5.41) is 12.5. The van der Waals surface area contributed by atoms with Crippen LogP contribution in [0, 0.1) is 18.3 Å². The van der Waals surface area contributed by atoms with E-state index >= 15 is 0 Å². The number of hydrogen-bond acceptors (Lipinski definition) is 5. The summed E-state index contributed by atoms with van der Waals surface area (Å²) < 4.78 is 6.11. The Hall–Kier alpha value is -3.28. The molecule has 1 aliphatic rings. The summed E-state index contributed by atoms with van der Waals surface area (Å²) in [6.45, 7) is 2.15. The number of amides is 2. The van der Waals surface area contributed by atoms with Gasteiger partial charge in [0.05, 0.1) is 18.1 Å². The van der Waals surface area contributed by atoms with E-state index in [1.54, 1.807) is 24.3 Å². The molecule has 1 atom stereocenters. The smallest absolute Gasteiger partial charge is 0.265 e. The van der Waals surface area contributed by atoms with E-state index in [9.17, 15) is 14.9 Å². The molecule has 0 saturated carbocycles. The zero-order chi connectivity index (χ0) is 23.4. The van der Waals surface area contributed by atoms with Crippen LogP contribution in [-0.2, 0) is 22.6 Å². The van der Waals surface area contributed by atoms with Gasteiger partial charge >= 0.3 is 0 Å². The van der Waals surface area contributed by atoms with Crippen LogP contribution in [0.25, 0.3) is 0 Å². The van der Waals surface area contributed by atoms with Crippen LogP contribution in [0.15, 0.2) is 86.4 Å². The number of carbonyl (C=O) groups is 2. The summed E-state index contributed by atoms with van der Waals surface area (Å²) in [5.74, 6) is -0.143. The number of furan rings is 1. The lowest BCUT2D eigenvalue weighted by molar-refractivity contribution is -0.117. The van der Waals surface area contributed by atoms with Crippen molar-refractivity contribution in [1.29, 1.82) is 5.26 Å². The van der Waals surface area contributed by atoms with E-state index < -0.39 is 11.2 Å². The highest BCUT2D eigenvalue weighted by Crippen LogP contribution is 2.42. The number of nitrogens with zero attached hydrogens (tertiary/aromatic N) is 2. The molecule has 0 unspecified atom stereocenters. The van der Waals surface area contributed by atoms with Crippen LogP contribution in [0.4, 0.5) is 5.69 Å². The Morgan fingerprint density at radius 2 is 2.00 bits per heavy atom. The molecule has 0 radical (unpaired) electrons. The number of nitrogens with one attached hydrogen (secondary N) is 1. The van der Waals surface area contributed by atoms with Crippen molar-refractivity contribution in [1.82, 2.24) is 5.32 Å². The lowest BCUT2D eigenvalue weighted by Crippen LogP contribution is -2.32. The zero-order valence-electron chi connectivity index (χ0n) is 17.7. The molecular weight excluding hydrogens is 502 g/mol. The Balaban J connectivity index is 1.68. The highest BCUT2D eigenvalue weighted by molar-refractivity contribution is 9.10. The van der Waals surface area contributed by atoms with Crippen LogP contribution in [0.3, 0.4) is 0 Å². The summed E-state index contributed by atoms with van der Waals surface area (Å²) >= 11 is 4.65. The molecule has 1 aromatic heterocycles. The average Bonchev–Trinajstić information content (AvgIpc) is 3.42. The Morgan fingerprint density at radius 1 is 1.21 bits per heavy atom. The van der Waals surface area contributed by atoms with Gasteiger partial charge in [-0.1, -0.05) is 57.5 Å². The normalized spacial score (nSPS) is 17.1. The van der Waals surface area contributed by atoms with Crippen molar-refractivity contribution >= 4 is 45.2 Å². The van der Waals surface area contributed by atoms with Gasteiger partial charge in [-0.25, -0.2) is 0 Å². The number of aryl methyl sites for hydroxylation is 1. The molecule has 1 N–H and O–H groups in total. The minimum atomic E-state index is -0.553. The molecule has 1 saturated heterocycles. The van der Waals surface area contributed by atoms with Gasteiger partial charge in [0.25, 0.3) is 5.91 Å². The molecule has 8 heteroatoms. The van der Waals surface area contributed by atoms with Gasteiger partial charge in [0.1, 0.15) is 22.4 Å². The highest BCUT2D eigenvalue weighted by Gasteiger charge is 2.40. The third-order valence-electron chi connectivity index (χ3n) is 5.10. The molecule has 0 spiro atoms. The van der Waals surface area contributed by atoms with Crippen molar-refractivity contribution in [3.8, 4) is 6.07 Å². The monoisotopic (exact) mass is 521 g/mol. The first-order valence-electron chi connectivity index (χ1n) is 10.2. The molecule has 0 aliphatic carbocycles. The van der Waals surface area contributed by atoms with Gasteiger partial charge in [0, 0.05) is 10.2 Å². The zero-order valence-corrected chi connectivity index (χ0v) is 20.2. The van der Waals surface area contributed by atoms with Crippen LogP contribution in [0.2, 0.25) is 0 Å². The average molecular weight is 522 g/mol. The van der Waals surface area contributed by atoms with E-state index in [2.05, 4.69) is 21.2 Å². The molecule has 33 heavy (non-hydrogen) atoms. The first-order valence-corrected chi connectivity index (χ1v) is 11.9. The van der Waals surface area contributed by atoms with Crippen LogP contribution < -0.4 is 10.2 Å². The third kappa shape index (κ3) is 5.21. The number of benzene rings is 2. The van der Waals surface area contributed by atoms with Crippen molar-refractivity contribution in [3.05, 3.63) is 98.9 Å². The van der Waals surface area contributed by atoms with Gasteiger partial charge in [-0.3, -0.25) is 14.5 Å². The molecule has 4 rings (SSSR count). The van der Waals surface area contributed by atoms with Gasteiger partial charge in [0.15, 0.2) is 0 Å². The van der Waals surface area contributed by atoms with E-state index in [-0.39, 0.29) is 18.0 Å². The minimum absolute atomic E-state index is 0.102. The molecule has 2 heterocycles. The maximum absolute atomic E-state index is 13.5. The maximum atomic E-state index is 13.5. The molecule has 2 amide bonds. The minimum Gasteiger partial charge on any atom is -0.467 e. The van der Waals surface area contributed by atoms with E-state index in [1.807, 2.05) is 49.4 Å². The van der Waals surface area contributed by atoms with Crippen molar-refractivity contribution in [3.63, 3.8) is 0 Å². The number of rotatable bonds is 6. The Bertz CT molecular complexity index is 1250. The van der Waals surface area contributed by atoms with E-state index in [1.165, 1.54) is 22.9 Å². The second kappa shape index (κ2) is 10.1. The van der Waals surface area contributed by atoms with Crippen LogP contribution in [0.5, 0.6) is 0 Å². The second-order valence-corrected chi connectivity index (χ2v) is 9.61. The molecule has 1 aliphatic heterocycles. The van der Waals surface area contributed by atoms with Crippen molar-refractivity contribution in [2.24, 2.45) is 0 Å². The summed E-state index contributed by atoms with van der Waals surface area (Å²) in [6, 6.07) is 20.7. The van der Waals surface area contributed by atoms with E-state index in [0.717, 1.165) is 15.6 Å². The summed E-state index contributed by atoms with van der Waals surface area (Å²) in [6.07, 6.45) is 2.01. The number of anilines is 1. The Morgan fingerprint density at radius 3 is 2.67 bits per heavy atom. The first kappa shape index (κ1) is 22.9. The molecule has 2 aromatic carbocycles. The topological polar surface area (TPSA) is 86.3 Å². The summed E-state index contributed by atoms with van der Waals surface area (Å²) in [5.41, 5.74) is 2.63. The van der Waals surface area contributed by atoms with Crippen molar-refractivity contribution in [2.75, 3.05) is 4.90 Å². The lowest BCUT2D eigenvalue weighted by Gasteiger charge is -2.18. The van der Waals surface area contributed by atoms with E-state index in [4.69, 9.17) is 4.42 Å². The fourth-order valence-corrected chi connectivity index (χ4v) is 5.11. The van der Waals surface area contributed by atoms with Gasteiger partial charge in [-0.2, -0.15) is 5.26 Å². The van der Waals surface area contributed by atoms with Crippen LogP contribution >= 0.6 is 27.7 Å². The maximum Gasteiger partial charge on any atom is 0.265 e. The fourth-order valence-electron chi connectivity index (χ4n) is 3.53. The molecule has 1 fully saturated rings. The number of hydrogen-bond donors (Lipinski definition) is 1. The number of carbonyl (C=O) groups excluding carboxylic acids is 2.